The zero-order chi connectivity index (χ0) is 20.8. The summed E-state index contributed by atoms with van der Waals surface area (Å²) in [7, 11) is 0. The summed E-state index contributed by atoms with van der Waals surface area (Å²) in [6.07, 6.45) is 1.97. The number of nitrogens with one attached hydrogen (secondary N) is 1. The van der Waals surface area contributed by atoms with Gasteiger partial charge in [0.25, 0.3) is 0 Å². The van der Waals surface area contributed by atoms with Crippen LogP contribution in [0.25, 0.3) is 11.3 Å². The first-order chi connectivity index (χ1) is 13.9. The van der Waals surface area contributed by atoms with Crippen molar-refractivity contribution in [1.29, 1.82) is 0 Å². The molecule has 9 heteroatoms. The second-order valence-corrected chi connectivity index (χ2v) is 7.33. The molecule has 0 fully saturated rings. The van der Waals surface area contributed by atoms with E-state index in [2.05, 4.69) is 31.0 Å². The van der Waals surface area contributed by atoms with E-state index in [1.807, 2.05) is 18.2 Å². The molecule has 29 heavy (non-hydrogen) atoms. The number of carbonyl (C=O) groups excluding carboxylic acids is 1. The number of hydrogen-bond donors (Lipinski definition) is 1. The molecule has 5 nitrogen and oxygen atoms in total. The van der Waals surface area contributed by atoms with E-state index in [4.69, 9.17) is 16.0 Å². The maximum absolute atomic E-state index is 12.5. The lowest BCUT2D eigenvalue weighted by Crippen LogP contribution is -2.23. The second-order valence-electron chi connectivity index (χ2n) is 6.01. The summed E-state index contributed by atoms with van der Waals surface area (Å²) in [5.41, 5.74) is 1.16. The average Bonchev–Trinajstić information content (AvgIpc) is 3.15. The normalized spacial score (nSPS) is 10.9. The van der Waals surface area contributed by atoms with Crippen molar-refractivity contribution in [3.63, 3.8) is 0 Å². The van der Waals surface area contributed by atoms with Crippen molar-refractivity contribution >= 4 is 33.4 Å². The largest absolute Gasteiger partial charge is 0.441 e. The number of ether oxygens (including phenoxy) is 1. The lowest BCUT2D eigenvalue weighted by atomic mass is 10.2. The highest BCUT2D eigenvalue weighted by Crippen LogP contribution is 2.28. The van der Waals surface area contributed by atoms with Crippen LogP contribution >= 0.6 is 27.5 Å². The zero-order valence-electron chi connectivity index (χ0n) is 15.0. The molecule has 2 aromatic carbocycles. The van der Waals surface area contributed by atoms with Gasteiger partial charge in [0, 0.05) is 35.0 Å². The highest BCUT2D eigenvalue weighted by Gasteiger charge is 2.13. The number of halogens is 4. The summed E-state index contributed by atoms with van der Waals surface area (Å²) in [5, 5.41) is 3.23. The number of aryl methyl sites for hydroxylation is 1. The van der Waals surface area contributed by atoms with Gasteiger partial charge in [-0.2, -0.15) is 8.78 Å². The van der Waals surface area contributed by atoms with E-state index in [9.17, 15) is 13.6 Å². The molecule has 0 aliphatic rings. The number of carbonyl (C=O) groups is 1. The van der Waals surface area contributed by atoms with E-state index >= 15 is 0 Å². The van der Waals surface area contributed by atoms with Crippen LogP contribution in [-0.2, 0) is 17.8 Å². The van der Waals surface area contributed by atoms with Crippen LogP contribution in [0.4, 0.5) is 8.78 Å². The van der Waals surface area contributed by atoms with Gasteiger partial charge in [0.1, 0.15) is 5.75 Å². The summed E-state index contributed by atoms with van der Waals surface area (Å²) in [6.45, 7) is -2.89. The molecular formula is C20H16BrClF2N2O3. The molecule has 0 aliphatic heterocycles. The Morgan fingerprint density at radius 1 is 1.28 bits per heavy atom. The standard InChI is InChI=1S/C20H16BrClF2N2O3/c21-13-5-6-16(29-20(23)24)12(9-13)10-25-18(27)7-8-19-26-11-17(28-19)14-3-1-2-4-15(14)22/h1-6,9,11,20H,7-8,10H2,(H,25,27). The minimum Gasteiger partial charge on any atom is -0.441 e. The van der Waals surface area contributed by atoms with Gasteiger partial charge in [0.2, 0.25) is 5.91 Å². The monoisotopic (exact) mass is 484 g/mol. The van der Waals surface area contributed by atoms with E-state index < -0.39 is 6.61 Å². The summed E-state index contributed by atoms with van der Waals surface area (Å²) in [4.78, 5) is 16.3. The molecule has 3 aromatic rings. The van der Waals surface area contributed by atoms with Crippen molar-refractivity contribution in [2.75, 3.05) is 0 Å². The fourth-order valence-corrected chi connectivity index (χ4v) is 3.25. The molecule has 0 saturated heterocycles. The SMILES string of the molecule is O=C(CCc1ncc(-c2ccccc2Cl)o1)NCc1cc(Br)ccc1OC(F)F. The Bertz CT molecular complexity index is 997. The lowest BCUT2D eigenvalue weighted by Gasteiger charge is -2.12. The molecule has 0 saturated carbocycles. The lowest BCUT2D eigenvalue weighted by molar-refractivity contribution is -0.121. The van der Waals surface area contributed by atoms with Crippen LogP contribution in [0.3, 0.4) is 0 Å². The molecule has 3 rings (SSSR count). The minimum atomic E-state index is -2.94. The Balaban J connectivity index is 1.55. The van der Waals surface area contributed by atoms with Gasteiger partial charge >= 0.3 is 6.61 Å². The van der Waals surface area contributed by atoms with Crippen LogP contribution in [0, 0.1) is 0 Å². The number of benzene rings is 2. The van der Waals surface area contributed by atoms with Gasteiger partial charge in [-0.3, -0.25) is 4.79 Å². The maximum Gasteiger partial charge on any atom is 0.387 e. The highest BCUT2D eigenvalue weighted by atomic mass is 79.9. The fraction of sp³-hybridized carbons (Fsp3) is 0.200. The Kier molecular flexibility index (Phi) is 7.22. The van der Waals surface area contributed by atoms with Gasteiger partial charge in [-0.15, -0.1) is 0 Å². The van der Waals surface area contributed by atoms with Crippen molar-refractivity contribution < 1.29 is 22.7 Å². The smallest absolute Gasteiger partial charge is 0.387 e. The summed E-state index contributed by atoms with van der Waals surface area (Å²) < 4.78 is 35.8. The number of hydrogen-bond acceptors (Lipinski definition) is 4. The summed E-state index contributed by atoms with van der Waals surface area (Å²) in [5.74, 6) is 0.666. The maximum atomic E-state index is 12.5. The molecule has 152 valence electrons. The van der Waals surface area contributed by atoms with Crippen molar-refractivity contribution in [1.82, 2.24) is 10.3 Å². The number of aromatic nitrogens is 1. The van der Waals surface area contributed by atoms with Gasteiger partial charge in [-0.05, 0) is 30.3 Å². The van der Waals surface area contributed by atoms with Gasteiger partial charge in [-0.25, -0.2) is 4.98 Å². The van der Waals surface area contributed by atoms with E-state index in [0.717, 1.165) is 5.56 Å². The van der Waals surface area contributed by atoms with Gasteiger partial charge in [0.05, 0.1) is 11.2 Å². The summed E-state index contributed by atoms with van der Waals surface area (Å²) in [6, 6.07) is 11.8. The zero-order valence-corrected chi connectivity index (χ0v) is 17.3. The Labute approximate surface area is 179 Å². The van der Waals surface area contributed by atoms with E-state index in [-0.39, 0.29) is 31.0 Å². The van der Waals surface area contributed by atoms with Gasteiger partial charge in [-0.1, -0.05) is 39.7 Å². The molecule has 1 amide bonds. The number of alkyl halides is 2. The van der Waals surface area contributed by atoms with Crippen molar-refractivity contribution in [2.24, 2.45) is 0 Å². The quantitative estimate of drug-likeness (QED) is 0.451. The van der Waals surface area contributed by atoms with Crippen LogP contribution in [0.15, 0.2) is 57.6 Å². The third-order valence-electron chi connectivity index (χ3n) is 3.97. The van der Waals surface area contributed by atoms with Crippen molar-refractivity contribution in [3.8, 4) is 17.1 Å². The molecule has 0 unspecified atom stereocenters. The van der Waals surface area contributed by atoms with Gasteiger partial charge < -0.3 is 14.5 Å². The number of amides is 1. The summed E-state index contributed by atoms with van der Waals surface area (Å²) >= 11 is 9.41. The number of oxazole rings is 1. The van der Waals surface area contributed by atoms with E-state index in [0.29, 0.717) is 26.7 Å². The van der Waals surface area contributed by atoms with Crippen LogP contribution in [-0.4, -0.2) is 17.5 Å². The highest BCUT2D eigenvalue weighted by molar-refractivity contribution is 9.10. The molecule has 0 spiro atoms. The molecule has 1 aromatic heterocycles. The third-order valence-corrected chi connectivity index (χ3v) is 4.80. The topological polar surface area (TPSA) is 64.4 Å². The van der Waals surface area contributed by atoms with Crippen LogP contribution in [0.1, 0.15) is 17.9 Å². The van der Waals surface area contributed by atoms with Crippen LogP contribution in [0.2, 0.25) is 5.02 Å². The van der Waals surface area contributed by atoms with Crippen LogP contribution < -0.4 is 10.1 Å². The minimum absolute atomic E-state index is 0.0144. The molecule has 1 heterocycles. The first-order valence-corrected chi connectivity index (χ1v) is 9.79. The molecule has 1 N–H and O–H groups in total. The number of rotatable bonds is 8. The molecule has 0 aliphatic carbocycles. The molecule has 0 radical (unpaired) electrons. The van der Waals surface area contributed by atoms with E-state index in [1.54, 1.807) is 24.4 Å². The van der Waals surface area contributed by atoms with Crippen molar-refractivity contribution in [2.45, 2.75) is 26.0 Å². The fourth-order valence-electron chi connectivity index (χ4n) is 2.61. The first kappa shape index (κ1) is 21.3. The Morgan fingerprint density at radius 2 is 2.07 bits per heavy atom. The average molecular weight is 486 g/mol. The third kappa shape index (κ3) is 6.01. The molecule has 0 bridgehead atoms. The second kappa shape index (κ2) is 9.84. The van der Waals surface area contributed by atoms with Crippen LogP contribution in [0.5, 0.6) is 5.75 Å². The first-order valence-electron chi connectivity index (χ1n) is 8.62. The molecular weight excluding hydrogens is 470 g/mol. The number of nitrogens with zero attached hydrogens (tertiary/aromatic N) is 1. The predicted octanol–water partition coefficient (Wildman–Crippen LogP) is 5.61. The molecule has 0 atom stereocenters. The van der Waals surface area contributed by atoms with E-state index in [1.165, 1.54) is 6.07 Å². The van der Waals surface area contributed by atoms with Gasteiger partial charge in [0.15, 0.2) is 11.7 Å². The Hall–Kier alpha value is -2.45. The van der Waals surface area contributed by atoms with Crippen molar-refractivity contribution in [3.05, 3.63) is 69.6 Å². The predicted molar refractivity (Wildman–Crippen MR) is 108 cm³/mol. The Morgan fingerprint density at radius 3 is 2.83 bits per heavy atom.